The molecule has 0 aliphatic heterocycles. The topological polar surface area (TPSA) is 121 Å². The molecule has 0 amide bonds. The molecule has 0 saturated heterocycles. The van der Waals surface area contributed by atoms with Crippen molar-refractivity contribution < 1.29 is 8.78 Å². The molecule has 61 heavy (non-hydrogen) atoms. The first-order chi connectivity index (χ1) is 29.6. The van der Waals surface area contributed by atoms with E-state index < -0.39 is 11.6 Å². The number of hydrogen-bond donors (Lipinski definition) is 0. The fourth-order valence-corrected chi connectivity index (χ4v) is 7.78. The Balaban J connectivity index is 1.28. The highest BCUT2D eigenvalue weighted by Crippen LogP contribution is 2.40. The van der Waals surface area contributed by atoms with E-state index in [-0.39, 0.29) is 5.56 Å². The molecule has 10 nitrogen and oxygen atoms in total. The molecule has 0 aliphatic rings. The van der Waals surface area contributed by atoms with Crippen LogP contribution >= 0.6 is 0 Å². The van der Waals surface area contributed by atoms with Gasteiger partial charge in [-0.3, -0.25) is 0 Å². The van der Waals surface area contributed by atoms with Crippen LogP contribution in [0.25, 0.3) is 95.6 Å². The van der Waals surface area contributed by atoms with Gasteiger partial charge in [0.05, 0.1) is 16.7 Å². The van der Waals surface area contributed by atoms with Gasteiger partial charge < -0.3 is 4.57 Å². The molecule has 0 bridgehead atoms. The molecule has 0 aliphatic carbocycles. The highest BCUT2D eigenvalue weighted by atomic mass is 19.1. The Kier molecular flexibility index (Phi) is 9.17. The van der Waals surface area contributed by atoms with E-state index in [1.54, 1.807) is 0 Å². The molecule has 0 spiro atoms. The van der Waals surface area contributed by atoms with E-state index in [9.17, 15) is 4.39 Å². The number of halogens is 2. The summed E-state index contributed by atoms with van der Waals surface area (Å²) in [6.07, 6.45) is 0. The highest BCUT2D eigenvalue weighted by Gasteiger charge is 2.22. The summed E-state index contributed by atoms with van der Waals surface area (Å²) in [7, 11) is 0. The van der Waals surface area contributed by atoms with Crippen LogP contribution in [0.3, 0.4) is 0 Å². The Morgan fingerprint density at radius 3 is 1.31 bits per heavy atom. The summed E-state index contributed by atoms with van der Waals surface area (Å²) in [4.78, 5) is 42.7. The van der Waals surface area contributed by atoms with Crippen LogP contribution in [0, 0.1) is 39.3 Å². The van der Waals surface area contributed by atoms with E-state index in [1.807, 2.05) is 131 Å². The largest absolute Gasteiger partial charge is 0.308 e. The van der Waals surface area contributed by atoms with Crippen LogP contribution in [-0.2, 0) is 0 Å². The number of fused-ring (bicyclic) bond motifs is 3. The maximum Gasteiger partial charge on any atom is 0.166 e. The second kappa shape index (κ2) is 15.0. The predicted molar refractivity (Wildman–Crippen MR) is 232 cm³/mol. The third kappa shape index (κ3) is 7.03. The van der Waals surface area contributed by atoms with Crippen molar-refractivity contribution in [1.29, 1.82) is 0 Å². The molecule has 4 heterocycles. The van der Waals surface area contributed by atoms with Crippen molar-refractivity contribution in [3.05, 3.63) is 168 Å². The number of nitrogens with zero attached hydrogens (tertiary/aromatic N) is 10. The lowest BCUT2D eigenvalue weighted by molar-refractivity contribution is 0.585. The van der Waals surface area contributed by atoms with Crippen LogP contribution in [0.15, 0.2) is 133 Å². The van der Waals surface area contributed by atoms with Gasteiger partial charge in [-0.1, -0.05) is 66.7 Å². The smallest absolute Gasteiger partial charge is 0.166 e. The van der Waals surface area contributed by atoms with E-state index in [4.69, 9.17) is 15.0 Å². The van der Waals surface area contributed by atoms with E-state index >= 15 is 4.39 Å². The average Bonchev–Trinajstić information content (AvgIpc) is 3.59. The van der Waals surface area contributed by atoms with Crippen molar-refractivity contribution in [3.8, 4) is 73.8 Å². The lowest BCUT2D eigenvalue weighted by Crippen LogP contribution is -2.04. The standard InChI is InChI=1S/C49H34F2N10/c1-27-52-28(2)55-47(54-27)34-16-21-42-38(24-34)39-25-35(48-56-29(3)53-30(4)57-48)17-22-43(39)61(42)44-20-15-33(37-19-18-36(50)26-41(37)51)23-40(44)49-59-45(31-11-7-5-8-12-31)58-46(60-49)32-13-9-6-10-14-32/h5-26H,1-4H3. The Labute approximate surface area is 348 Å². The molecule has 6 aromatic carbocycles. The Bertz CT molecular complexity index is 3130. The Morgan fingerprint density at radius 2 is 0.820 bits per heavy atom. The van der Waals surface area contributed by atoms with Crippen LogP contribution in [0.1, 0.15) is 23.3 Å². The number of aromatic nitrogens is 10. The summed E-state index contributed by atoms with van der Waals surface area (Å²) < 4.78 is 32.0. The minimum absolute atomic E-state index is 0.234. The van der Waals surface area contributed by atoms with Gasteiger partial charge in [0.15, 0.2) is 29.1 Å². The van der Waals surface area contributed by atoms with Gasteiger partial charge in [0.1, 0.15) is 34.9 Å². The number of benzene rings is 6. The molecule has 0 radical (unpaired) electrons. The van der Waals surface area contributed by atoms with Gasteiger partial charge in [-0.15, -0.1) is 0 Å². The van der Waals surface area contributed by atoms with Gasteiger partial charge in [-0.2, -0.15) is 0 Å². The lowest BCUT2D eigenvalue weighted by atomic mass is 10.00. The SMILES string of the molecule is Cc1nc(C)nc(-c2ccc3c(c2)c2cc(-c4nc(C)nc(C)n4)ccc2n3-c2ccc(-c3ccc(F)cc3F)cc2-c2nc(-c3ccccc3)nc(-c3ccccc3)n2)n1. The van der Waals surface area contributed by atoms with Gasteiger partial charge in [0.25, 0.3) is 0 Å². The van der Waals surface area contributed by atoms with Crippen LogP contribution in [0.2, 0.25) is 0 Å². The quantitative estimate of drug-likeness (QED) is 0.155. The molecular weight excluding hydrogens is 767 g/mol. The molecule has 10 aromatic rings. The summed E-state index contributed by atoms with van der Waals surface area (Å²) in [5.41, 5.74) is 7.03. The molecule has 0 fully saturated rings. The van der Waals surface area contributed by atoms with E-state index in [0.29, 0.717) is 63.5 Å². The predicted octanol–water partition coefficient (Wildman–Crippen LogP) is 10.9. The molecule has 4 aromatic heterocycles. The first kappa shape index (κ1) is 37.3. The van der Waals surface area contributed by atoms with Crippen LogP contribution in [0.4, 0.5) is 8.78 Å². The van der Waals surface area contributed by atoms with Crippen LogP contribution < -0.4 is 0 Å². The number of aryl methyl sites for hydroxylation is 4. The number of hydrogen-bond acceptors (Lipinski definition) is 9. The second-order valence-electron chi connectivity index (χ2n) is 14.7. The van der Waals surface area contributed by atoms with Gasteiger partial charge >= 0.3 is 0 Å². The average molecular weight is 801 g/mol. The molecule has 0 N–H and O–H groups in total. The Hall–Kier alpha value is -7.99. The van der Waals surface area contributed by atoms with Crippen molar-refractivity contribution in [2.24, 2.45) is 0 Å². The lowest BCUT2D eigenvalue weighted by Gasteiger charge is -2.17. The zero-order chi connectivity index (χ0) is 41.8. The molecule has 10 rings (SSSR count). The van der Waals surface area contributed by atoms with Crippen molar-refractivity contribution in [2.75, 3.05) is 0 Å². The zero-order valence-electron chi connectivity index (χ0n) is 33.4. The molecule has 0 saturated carbocycles. The summed E-state index contributed by atoms with van der Waals surface area (Å²) in [6, 6.07) is 40.9. The minimum atomic E-state index is -0.686. The van der Waals surface area contributed by atoms with E-state index in [2.05, 4.69) is 46.6 Å². The van der Waals surface area contributed by atoms with Crippen molar-refractivity contribution in [2.45, 2.75) is 27.7 Å². The fraction of sp³-hybridized carbons (Fsp3) is 0.0816. The van der Waals surface area contributed by atoms with Crippen molar-refractivity contribution in [3.63, 3.8) is 0 Å². The first-order valence-corrected chi connectivity index (χ1v) is 19.6. The number of rotatable bonds is 7. The third-order valence-electron chi connectivity index (χ3n) is 10.4. The van der Waals surface area contributed by atoms with E-state index in [1.165, 1.54) is 12.1 Å². The monoisotopic (exact) mass is 800 g/mol. The molecule has 294 valence electrons. The minimum Gasteiger partial charge on any atom is -0.308 e. The van der Waals surface area contributed by atoms with Crippen LogP contribution in [0.5, 0.6) is 0 Å². The first-order valence-electron chi connectivity index (χ1n) is 19.6. The summed E-state index contributed by atoms with van der Waals surface area (Å²) in [5.74, 6) is 3.56. The summed E-state index contributed by atoms with van der Waals surface area (Å²) in [6.45, 7) is 7.41. The highest BCUT2D eigenvalue weighted by molar-refractivity contribution is 6.12. The second-order valence-corrected chi connectivity index (χ2v) is 14.7. The molecular formula is C49H34F2N10. The van der Waals surface area contributed by atoms with Gasteiger partial charge in [-0.25, -0.2) is 53.6 Å². The molecule has 0 atom stereocenters. The maximum atomic E-state index is 15.6. The summed E-state index contributed by atoms with van der Waals surface area (Å²) in [5, 5.41) is 1.83. The maximum absolute atomic E-state index is 15.6. The van der Waals surface area contributed by atoms with Crippen molar-refractivity contribution in [1.82, 2.24) is 49.4 Å². The summed E-state index contributed by atoms with van der Waals surface area (Å²) >= 11 is 0. The van der Waals surface area contributed by atoms with Gasteiger partial charge in [0.2, 0.25) is 0 Å². The molecule has 12 heteroatoms. The third-order valence-corrected chi connectivity index (χ3v) is 10.4. The molecule has 0 unspecified atom stereocenters. The Morgan fingerprint density at radius 1 is 0.361 bits per heavy atom. The van der Waals surface area contributed by atoms with Crippen LogP contribution in [-0.4, -0.2) is 49.4 Å². The van der Waals surface area contributed by atoms with E-state index in [0.717, 1.165) is 55.8 Å². The normalized spacial score (nSPS) is 11.4. The zero-order valence-corrected chi connectivity index (χ0v) is 33.4. The van der Waals surface area contributed by atoms with Gasteiger partial charge in [-0.05, 0) is 93.9 Å². The fourth-order valence-electron chi connectivity index (χ4n) is 7.78. The van der Waals surface area contributed by atoms with Crippen molar-refractivity contribution >= 4 is 21.8 Å². The van der Waals surface area contributed by atoms with Gasteiger partial charge in [0, 0.05) is 50.2 Å².